The summed E-state index contributed by atoms with van der Waals surface area (Å²) < 4.78 is 15.1. The number of thiazole rings is 1. The lowest BCUT2D eigenvalue weighted by molar-refractivity contribution is 0.0706. The maximum Gasteiger partial charge on any atom is 0.282 e. The van der Waals surface area contributed by atoms with Crippen LogP contribution < -0.4 is 0 Å². The number of likely N-dealkylation sites (tertiary alicyclic amines) is 1. The first-order valence-electron chi connectivity index (χ1n) is 9.42. The van der Waals surface area contributed by atoms with Crippen LogP contribution in [0.4, 0.5) is 4.39 Å². The van der Waals surface area contributed by atoms with Crippen molar-refractivity contribution in [1.82, 2.24) is 20.1 Å². The van der Waals surface area contributed by atoms with Crippen LogP contribution >= 0.6 is 22.7 Å². The molecule has 0 bridgehead atoms. The number of amides is 1. The molecule has 3 heterocycles. The molecule has 0 saturated carbocycles. The van der Waals surface area contributed by atoms with Crippen molar-refractivity contribution in [1.29, 1.82) is 0 Å². The number of fused-ring (bicyclic) bond motifs is 1. The van der Waals surface area contributed by atoms with E-state index in [4.69, 9.17) is 0 Å². The van der Waals surface area contributed by atoms with Crippen molar-refractivity contribution >= 4 is 38.8 Å². The lowest BCUT2D eigenvalue weighted by Crippen LogP contribution is -2.39. The number of hydrogen-bond acceptors (Lipinski definition) is 6. The van der Waals surface area contributed by atoms with Gasteiger partial charge in [-0.1, -0.05) is 35.6 Å². The van der Waals surface area contributed by atoms with Crippen LogP contribution in [0, 0.1) is 5.82 Å². The molecule has 1 amide bonds. The first kappa shape index (κ1) is 18.3. The second-order valence-electron chi connectivity index (χ2n) is 7.00. The van der Waals surface area contributed by atoms with E-state index in [2.05, 4.69) is 15.2 Å². The predicted octanol–water partition coefficient (Wildman–Crippen LogP) is 4.97. The van der Waals surface area contributed by atoms with E-state index in [9.17, 15) is 9.18 Å². The van der Waals surface area contributed by atoms with Gasteiger partial charge in [-0.25, -0.2) is 9.37 Å². The van der Waals surface area contributed by atoms with E-state index in [0.717, 1.165) is 28.1 Å². The quantitative estimate of drug-likeness (QED) is 0.466. The van der Waals surface area contributed by atoms with Gasteiger partial charge in [-0.05, 0) is 37.1 Å². The summed E-state index contributed by atoms with van der Waals surface area (Å²) in [6.07, 6.45) is 1.84. The van der Waals surface area contributed by atoms with Crippen LogP contribution in [0.2, 0.25) is 0 Å². The highest BCUT2D eigenvalue weighted by Gasteiger charge is 2.29. The Morgan fingerprint density at radius 1 is 1.07 bits per heavy atom. The summed E-state index contributed by atoms with van der Waals surface area (Å²) in [5.41, 5.74) is 1.32. The zero-order valence-corrected chi connectivity index (χ0v) is 17.0. The van der Waals surface area contributed by atoms with Gasteiger partial charge in [-0.3, -0.25) is 4.79 Å². The van der Waals surface area contributed by atoms with E-state index in [1.165, 1.54) is 28.7 Å². The molecule has 2 aromatic carbocycles. The van der Waals surface area contributed by atoms with Gasteiger partial charge in [0.1, 0.15) is 10.8 Å². The topological polar surface area (TPSA) is 59.0 Å². The van der Waals surface area contributed by atoms with Crippen molar-refractivity contribution in [2.45, 2.75) is 18.8 Å². The minimum atomic E-state index is -0.300. The van der Waals surface area contributed by atoms with Crippen LogP contribution in [0.5, 0.6) is 0 Å². The molecule has 1 atom stereocenters. The van der Waals surface area contributed by atoms with Gasteiger partial charge >= 0.3 is 0 Å². The smallest absolute Gasteiger partial charge is 0.282 e. The second kappa shape index (κ2) is 7.61. The molecule has 1 fully saturated rings. The Morgan fingerprint density at radius 3 is 2.76 bits per heavy atom. The number of carbonyl (C=O) groups excluding carboxylic acids is 1. The summed E-state index contributed by atoms with van der Waals surface area (Å²) >= 11 is 2.84. The van der Waals surface area contributed by atoms with Gasteiger partial charge in [0.25, 0.3) is 5.91 Å². The number of hydrogen-bond donors (Lipinski definition) is 0. The van der Waals surface area contributed by atoms with Crippen molar-refractivity contribution in [2.24, 2.45) is 0 Å². The number of nitrogens with zero attached hydrogens (tertiary/aromatic N) is 4. The van der Waals surface area contributed by atoms with Gasteiger partial charge in [-0.15, -0.1) is 21.5 Å². The van der Waals surface area contributed by atoms with Crippen LogP contribution in [0.3, 0.4) is 0 Å². The van der Waals surface area contributed by atoms with Crippen molar-refractivity contribution in [3.63, 3.8) is 0 Å². The number of carbonyl (C=O) groups is 1. The monoisotopic (exact) mass is 424 g/mol. The van der Waals surface area contributed by atoms with Gasteiger partial charge in [-0.2, -0.15) is 0 Å². The average Bonchev–Trinajstić information content (AvgIpc) is 3.41. The normalized spacial score (nSPS) is 17.0. The van der Waals surface area contributed by atoms with Gasteiger partial charge in [0, 0.05) is 24.6 Å². The van der Waals surface area contributed by atoms with Gasteiger partial charge in [0.05, 0.1) is 10.2 Å². The molecule has 0 N–H and O–H groups in total. The molecular weight excluding hydrogens is 407 g/mol. The fourth-order valence-corrected chi connectivity index (χ4v) is 5.53. The number of para-hydroxylation sites is 1. The molecule has 1 saturated heterocycles. The molecule has 5 nitrogen and oxygen atoms in total. The zero-order valence-electron chi connectivity index (χ0n) is 15.4. The van der Waals surface area contributed by atoms with Crippen LogP contribution in [0.15, 0.2) is 48.5 Å². The van der Waals surface area contributed by atoms with E-state index >= 15 is 0 Å². The Kier molecular flexibility index (Phi) is 4.81. The van der Waals surface area contributed by atoms with Crippen molar-refractivity contribution in [3.8, 4) is 10.6 Å². The highest BCUT2D eigenvalue weighted by atomic mass is 32.1. The minimum Gasteiger partial charge on any atom is -0.336 e. The maximum absolute atomic E-state index is 14.1. The largest absolute Gasteiger partial charge is 0.336 e. The van der Waals surface area contributed by atoms with E-state index < -0.39 is 0 Å². The van der Waals surface area contributed by atoms with E-state index in [0.29, 0.717) is 28.7 Å². The lowest BCUT2D eigenvalue weighted by atomic mass is 9.99. The van der Waals surface area contributed by atoms with Crippen LogP contribution in [-0.2, 0) is 0 Å². The number of halogens is 1. The molecule has 4 aromatic rings. The number of benzene rings is 2. The molecule has 0 unspecified atom stereocenters. The third kappa shape index (κ3) is 3.54. The van der Waals surface area contributed by atoms with E-state index in [1.807, 2.05) is 29.2 Å². The second-order valence-corrected chi connectivity index (χ2v) is 9.04. The summed E-state index contributed by atoms with van der Waals surface area (Å²) in [7, 11) is 0. The zero-order chi connectivity index (χ0) is 19.8. The molecule has 1 aliphatic rings. The summed E-state index contributed by atoms with van der Waals surface area (Å²) in [6.45, 7) is 1.30. The molecule has 0 spiro atoms. The summed E-state index contributed by atoms with van der Waals surface area (Å²) in [4.78, 5) is 19.4. The number of rotatable bonds is 3. The Hall–Kier alpha value is -2.71. The third-order valence-electron chi connectivity index (χ3n) is 5.08. The Labute approximate surface area is 174 Å². The Balaban J connectivity index is 1.35. The number of aromatic nitrogens is 3. The number of piperidine rings is 1. The Morgan fingerprint density at radius 2 is 1.90 bits per heavy atom. The van der Waals surface area contributed by atoms with Gasteiger partial charge in [0.15, 0.2) is 10.0 Å². The van der Waals surface area contributed by atoms with Crippen molar-refractivity contribution in [3.05, 3.63) is 64.4 Å². The fourth-order valence-electron chi connectivity index (χ4n) is 3.61. The SMILES string of the molecule is O=C(c1nc2ccccc2s1)N1CCC[C@H](c2nnc(-c3ccccc3F)s2)C1. The summed E-state index contributed by atoms with van der Waals surface area (Å²) in [5, 5.41) is 10.5. The molecule has 0 radical (unpaired) electrons. The average molecular weight is 425 g/mol. The lowest BCUT2D eigenvalue weighted by Gasteiger charge is -2.31. The van der Waals surface area contributed by atoms with Crippen LogP contribution in [-0.4, -0.2) is 39.1 Å². The maximum atomic E-state index is 14.1. The molecule has 2 aromatic heterocycles. The van der Waals surface area contributed by atoms with Gasteiger partial charge < -0.3 is 4.90 Å². The van der Waals surface area contributed by atoms with Crippen molar-refractivity contribution in [2.75, 3.05) is 13.1 Å². The molecule has 29 heavy (non-hydrogen) atoms. The predicted molar refractivity (Wildman–Crippen MR) is 113 cm³/mol. The molecule has 8 heteroatoms. The molecular formula is C21H17FN4OS2. The highest BCUT2D eigenvalue weighted by Crippen LogP contribution is 2.34. The van der Waals surface area contributed by atoms with E-state index in [1.54, 1.807) is 18.2 Å². The van der Waals surface area contributed by atoms with Gasteiger partial charge in [0.2, 0.25) is 0 Å². The molecule has 146 valence electrons. The highest BCUT2D eigenvalue weighted by molar-refractivity contribution is 7.20. The molecule has 5 rings (SSSR count). The van der Waals surface area contributed by atoms with E-state index in [-0.39, 0.29) is 17.6 Å². The minimum absolute atomic E-state index is 0.0326. The molecule has 1 aliphatic heterocycles. The fraction of sp³-hybridized carbons (Fsp3) is 0.238. The first-order valence-corrected chi connectivity index (χ1v) is 11.1. The summed E-state index contributed by atoms with van der Waals surface area (Å²) in [5.74, 6) is -0.221. The van der Waals surface area contributed by atoms with Crippen molar-refractivity contribution < 1.29 is 9.18 Å². The molecule has 0 aliphatic carbocycles. The standard InChI is InChI=1S/C21H17FN4OS2/c22-15-8-2-1-7-14(15)19-25-24-18(29-19)13-6-5-11-26(12-13)21(27)20-23-16-9-3-4-10-17(16)28-20/h1-4,7-10,13H,5-6,11-12H2/t13-/m0/s1. The Bertz CT molecular complexity index is 1160. The first-order chi connectivity index (χ1) is 14.2. The van der Waals surface area contributed by atoms with Crippen LogP contribution in [0.25, 0.3) is 20.8 Å². The van der Waals surface area contributed by atoms with Crippen LogP contribution in [0.1, 0.15) is 33.6 Å². The third-order valence-corrected chi connectivity index (χ3v) is 7.22. The summed E-state index contributed by atoms with van der Waals surface area (Å²) in [6, 6.07) is 14.4.